The van der Waals surface area contributed by atoms with Crippen LogP contribution in [0.4, 0.5) is 5.69 Å². The predicted molar refractivity (Wildman–Crippen MR) is 71.4 cm³/mol. The first-order valence-electron chi connectivity index (χ1n) is 5.36. The molecule has 0 bridgehead atoms. The van der Waals surface area contributed by atoms with Gasteiger partial charge in [0, 0.05) is 11.1 Å². The standard InChI is InChI=1S/C15H15N/c1-2-3-4-7-12-8-5-9-13-10-6-11-14(16)15(12)13/h2-6,8-11H,1,7,16H2. The number of hydrogen-bond donors (Lipinski definition) is 1. The van der Waals surface area contributed by atoms with Crippen LogP contribution in [0.3, 0.4) is 0 Å². The van der Waals surface area contributed by atoms with Crippen LogP contribution in [0.15, 0.2) is 61.2 Å². The maximum Gasteiger partial charge on any atom is 0.0396 e. The van der Waals surface area contributed by atoms with Crippen molar-refractivity contribution in [1.29, 1.82) is 0 Å². The second-order valence-electron chi connectivity index (χ2n) is 3.73. The van der Waals surface area contributed by atoms with Crippen LogP contribution in [-0.4, -0.2) is 0 Å². The van der Waals surface area contributed by atoms with Gasteiger partial charge >= 0.3 is 0 Å². The van der Waals surface area contributed by atoms with Crippen LogP contribution in [0.2, 0.25) is 0 Å². The minimum absolute atomic E-state index is 0.847. The molecule has 2 aromatic carbocycles. The van der Waals surface area contributed by atoms with E-state index in [2.05, 4.69) is 36.9 Å². The topological polar surface area (TPSA) is 26.0 Å². The van der Waals surface area contributed by atoms with E-state index >= 15 is 0 Å². The Kier molecular flexibility index (Phi) is 3.06. The minimum atomic E-state index is 0.847. The minimum Gasteiger partial charge on any atom is -0.398 e. The van der Waals surface area contributed by atoms with E-state index < -0.39 is 0 Å². The van der Waals surface area contributed by atoms with Gasteiger partial charge in [0.25, 0.3) is 0 Å². The molecular formula is C15H15N. The number of allylic oxidation sites excluding steroid dienone is 3. The van der Waals surface area contributed by atoms with Crippen LogP contribution in [0.25, 0.3) is 10.8 Å². The normalized spacial score (nSPS) is 11.0. The van der Waals surface area contributed by atoms with Gasteiger partial charge in [0.05, 0.1) is 0 Å². The molecule has 0 unspecified atom stereocenters. The van der Waals surface area contributed by atoms with E-state index in [0.29, 0.717) is 0 Å². The molecule has 2 aromatic rings. The first kappa shape index (κ1) is 10.5. The molecule has 2 rings (SSSR count). The molecule has 1 nitrogen and oxygen atoms in total. The van der Waals surface area contributed by atoms with Crippen LogP contribution < -0.4 is 5.73 Å². The monoisotopic (exact) mass is 209 g/mol. The molecule has 0 radical (unpaired) electrons. The summed E-state index contributed by atoms with van der Waals surface area (Å²) >= 11 is 0. The summed E-state index contributed by atoms with van der Waals surface area (Å²) in [6.45, 7) is 3.66. The van der Waals surface area contributed by atoms with Gasteiger partial charge in [0.1, 0.15) is 0 Å². The van der Waals surface area contributed by atoms with Gasteiger partial charge in [-0.3, -0.25) is 0 Å². The number of nitrogen functional groups attached to an aromatic ring is 1. The van der Waals surface area contributed by atoms with Gasteiger partial charge in [-0.05, 0) is 23.4 Å². The molecule has 0 aliphatic rings. The summed E-state index contributed by atoms with van der Waals surface area (Å²) < 4.78 is 0. The number of anilines is 1. The van der Waals surface area contributed by atoms with Gasteiger partial charge in [-0.25, -0.2) is 0 Å². The van der Waals surface area contributed by atoms with Crippen molar-refractivity contribution in [3.8, 4) is 0 Å². The van der Waals surface area contributed by atoms with Gasteiger partial charge in [-0.2, -0.15) is 0 Å². The first-order valence-corrected chi connectivity index (χ1v) is 5.36. The highest BCUT2D eigenvalue weighted by Crippen LogP contribution is 2.25. The van der Waals surface area contributed by atoms with Crippen molar-refractivity contribution < 1.29 is 0 Å². The van der Waals surface area contributed by atoms with E-state index in [1.807, 2.05) is 18.2 Å². The summed E-state index contributed by atoms with van der Waals surface area (Å²) in [7, 11) is 0. The molecule has 0 heterocycles. The quantitative estimate of drug-likeness (QED) is 0.605. The van der Waals surface area contributed by atoms with E-state index in [9.17, 15) is 0 Å². The molecule has 0 aliphatic carbocycles. The van der Waals surface area contributed by atoms with E-state index in [1.165, 1.54) is 16.3 Å². The lowest BCUT2D eigenvalue weighted by molar-refractivity contribution is 1.30. The number of rotatable bonds is 3. The molecule has 1 heteroatoms. The molecule has 2 N–H and O–H groups in total. The fourth-order valence-corrected chi connectivity index (χ4v) is 1.91. The Bertz CT molecular complexity index is 533. The zero-order chi connectivity index (χ0) is 11.4. The van der Waals surface area contributed by atoms with Crippen molar-refractivity contribution in [2.24, 2.45) is 0 Å². The van der Waals surface area contributed by atoms with E-state index in [1.54, 1.807) is 6.08 Å². The van der Waals surface area contributed by atoms with Crippen molar-refractivity contribution in [2.45, 2.75) is 6.42 Å². The second kappa shape index (κ2) is 4.67. The van der Waals surface area contributed by atoms with Crippen LogP contribution in [0, 0.1) is 0 Å². The summed E-state index contributed by atoms with van der Waals surface area (Å²) in [6.07, 6.45) is 6.72. The number of nitrogens with two attached hydrogens (primary N) is 1. The van der Waals surface area contributed by atoms with Crippen molar-refractivity contribution >= 4 is 16.5 Å². The summed E-state index contributed by atoms with van der Waals surface area (Å²) in [5.41, 5.74) is 8.12. The molecule has 0 fully saturated rings. The van der Waals surface area contributed by atoms with E-state index in [-0.39, 0.29) is 0 Å². The lowest BCUT2D eigenvalue weighted by Crippen LogP contribution is -1.91. The molecule has 0 saturated heterocycles. The molecule has 0 spiro atoms. The summed E-state index contributed by atoms with van der Waals surface area (Å²) in [5.74, 6) is 0. The smallest absolute Gasteiger partial charge is 0.0396 e. The number of hydrogen-bond acceptors (Lipinski definition) is 1. The Labute approximate surface area is 95.9 Å². The Morgan fingerprint density at radius 2 is 1.88 bits per heavy atom. The molecule has 0 amide bonds. The maximum absolute atomic E-state index is 6.02. The highest BCUT2D eigenvalue weighted by Gasteiger charge is 2.01. The Morgan fingerprint density at radius 1 is 1.12 bits per heavy atom. The zero-order valence-electron chi connectivity index (χ0n) is 9.19. The first-order chi connectivity index (χ1) is 7.83. The fraction of sp³-hybridized carbons (Fsp3) is 0.0667. The fourth-order valence-electron chi connectivity index (χ4n) is 1.91. The lowest BCUT2D eigenvalue weighted by Gasteiger charge is -2.06. The molecule has 80 valence electrons. The van der Waals surface area contributed by atoms with Crippen molar-refractivity contribution in [3.05, 3.63) is 66.8 Å². The average Bonchev–Trinajstić information content (AvgIpc) is 2.30. The average molecular weight is 209 g/mol. The lowest BCUT2D eigenvalue weighted by atomic mass is 10.0. The third-order valence-electron chi connectivity index (χ3n) is 2.63. The third-order valence-corrected chi connectivity index (χ3v) is 2.63. The molecule has 16 heavy (non-hydrogen) atoms. The molecule has 0 atom stereocenters. The van der Waals surface area contributed by atoms with Gasteiger partial charge in [0.15, 0.2) is 0 Å². The Hall–Kier alpha value is -2.02. The zero-order valence-corrected chi connectivity index (χ0v) is 9.19. The van der Waals surface area contributed by atoms with Gasteiger partial charge in [-0.15, -0.1) is 0 Å². The molecular weight excluding hydrogens is 194 g/mol. The third kappa shape index (κ3) is 1.98. The van der Waals surface area contributed by atoms with E-state index in [0.717, 1.165) is 12.1 Å². The van der Waals surface area contributed by atoms with Crippen LogP contribution >= 0.6 is 0 Å². The molecule has 0 aliphatic heterocycles. The van der Waals surface area contributed by atoms with Crippen LogP contribution in [0.5, 0.6) is 0 Å². The SMILES string of the molecule is C=CC=CCc1cccc2cccc(N)c12. The second-order valence-corrected chi connectivity index (χ2v) is 3.73. The Balaban J connectivity index is 2.52. The highest BCUT2D eigenvalue weighted by molar-refractivity contribution is 5.95. The van der Waals surface area contributed by atoms with Crippen molar-refractivity contribution in [3.63, 3.8) is 0 Å². The van der Waals surface area contributed by atoms with Gasteiger partial charge < -0.3 is 5.73 Å². The number of fused-ring (bicyclic) bond motifs is 1. The van der Waals surface area contributed by atoms with E-state index in [4.69, 9.17) is 5.73 Å². The highest BCUT2D eigenvalue weighted by atomic mass is 14.5. The summed E-state index contributed by atoms with van der Waals surface area (Å²) in [4.78, 5) is 0. The van der Waals surface area contributed by atoms with Crippen LogP contribution in [0.1, 0.15) is 5.56 Å². The van der Waals surface area contributed by atoms with Crippen molar-refractivity contribution in [1.82, 2.24) is 0 Å². The molecule has 0 aromatic heterocycles. The predicted octanol–water partition coefficient (Wildman–Crippen LogP) is 3.71. The molecule has 0 saturated carbocycles. The number of benzene rings is 2. The van der Waals surface area contributed by atoms with Gasteiger partial charge in [-0.1, -0.05) is 55.1 Å². The van der Waals surface area contributed by atoms with Crippen LogP contribution in [-0.2, 0) is 6.42 Å². The van der Waals surface area contributed by atoms with Crippen molar-refractivity contribution in [2.75, 3.05) is 5.73 Å². The van der Waals surface area contributed by atoms with Gasteiger partial charge in [0.2, 0.25) is 0 Å². The largest absolute Gasteiger partial charge is 0.398 e. The summed E-state index contributed by atoms with van der Waals surface area (Å²) in [6, 6.07) is 12.3. The summed E-state index contributed by atoms with van der Waals surface area (Å²) in [5, 5.41) is 2.36. The maximum atomic E-state index is 6.02. The Morgan fingerprint density at radius 3 is 2.62 bits per heavy atom.